The van der Waals surface area contributed by atoms with Crippen LogP contribution in [0.1, 0.15) is 11.1 Å². The van der Waals surface area contributed by atoms with Crippen molar-refractivity contribution in [3.8, 4) is 0 Å². The van der Waals surface area contributed by atoms with Gasteiger partial charge in [0.15, 0.2) is 0 Å². The van der Waals surface area contributed by atoms with Gasteiger partial charge in [-0.15, -0.1) is 0 Å². The van der Waals surface area contributed by atoms with E-state index >= 15 is 0 Å². The molecule has 0 saturated carbocycles. The van der Waals surface area contributed by atoms with Crippen molar-refractivity contribution in [2.75, 3.05) is 0 Å². The van der Waals surface area contributed by atoms with E-state index in [1.54, 1.807) is 0 Å². The van der Waals surface area contributed by atoms with E-state index in [-0.39, 0.29) is 47.5 Å². The Morgan fingerprint density at radius 3 is 1.23 bits per heavy atom. The third kappa shape index (κ3) is 10.6. The maximum absolute atomic E-state index is 2.19. The van der Waals surface area contributed by atoms with E-state index in [9.17, 15) is 0 Å². The Hall–Kier alpha value is -1.15. The van der Waals surface area contributed by atoms with Crippen LogP contribution in [0.2, 0.25) is 0 Å². The van der Waals surface area contributed by atoms with Gasteiger partial charge in [-0.05, 0) is 34.9 Å². The number of rotatable bonds is 5. The van der Waals surface area contributed by atoms with Gasteiger partial charge in [-0.3, -0.25) is 0 Å². The van der Waals surface area contributed by atoms with Crippen LogP contribution in [-0.2, 0) is 34.6 Å². The molecule has 0 N–H and O–H groups in total. The fourth-order valence-corrected chi connectivity index (χ4v) is 1.79. The summed E-state index contributed by atoms with van der Waals surface area (Å²) in [4.78, 5) is 0. The van der Waals surface area contributed by atoms with Crippen molar-refractivity contribution in [3.05, 3.63) is 111 Å². The molecule has 2 aromatic carbocycles. The summed E-state index contributed by atoms with van der Waals surface area (Å²) in [5.41, 5.74) is 2.70. The fraction of sp³-hybridized carbons (Fsp3) is 0.100. The molecule has 0 atom stereocenters. The first kappa shape index (κ1) is 25.8. The Bertz CT molecular complexity index is 454. The molecule has 0 unspecified atom stereocenters. The quantitative estimate of drug-likeness (QED) is 0.436. The average molecular weight is 344 g/mol. The van der Waals surface area contributed by atoms with Crippen LogP contribution < -0.4 is 0 Å². The summed E-state index contributed by atoms with van der Waals surface area (Å²) in [6, 6.07) is 21.0. The Labute approximate surface area is 156 Å². The summed E-state index contributed by atoms with van der Waals surface area (Å²) < 4.78 is 0. The monoisotopic (exact) mass is 344 g/mol. The van der Waals surface area contributed by atoms with Crippen molar-refractivity contribution in [1.29, 1.82) is 0 Å². The molecule has 2 heteroatoms. The molecule has 2 aromatic rings. The molecule has 0 fully saturated rings. The van der Waals surface area contributed by atoms with Crippen LogP contribution in [0, 0.1) is 14.9 Å². The maximum atomic E-state index is 2.19. The third-order valence-corrected chi connectivity index (χ3v) is 2.78. The zero-order valence-corrected chi connectivity index (χ0v) is 14.6. The Kier molecular flexibility index (Phi) is 19.0. The van der Waals surface area contributed by atoms with Gasteiger partial charge in [0, 0.05) is 0 Å². The zero-order chi connectivity index (χ0) is 12.5. The molecular formula is C20H28SiTi. The Morgan fingerprint density at radius 2 is 0.909 bits per heavy atom. The molecule has 0 aromatic heterocycles. The number of allylic oxidation sites excluding steroid dienone is 4. The predicted molar refractivity (Wildman–Crippen MR) is 103 cm³/mol. The molecule has 0 nitrogen and oxygen atoms in total. The molecule has 116 valence electrons. The average Bonchev–Trinajstić information content (AvgIpc) is 2.45. The molecular weight excluding hydrogens is 316 g/mol. The van der Waals surface area contributed by atoms with Gasteiger partial charge in [0.2, 0.25) is 0 Å². The molecule has 0 aliphatic rings. The van der Waals surface area contributed by atoms with Gasteiger partial charge >= 0.3 is 21.7 Å². The van der Waals surface area contributed by atoms with Crippen LogP contribution >= 0.6 is 0 Å². The smallest absolute Gasteiger partial charge is 0.358 e. The van der Waals surface area contributed by atoms with Crippen LogP contribution in [0.4, 0.5) is 0 Å². The van der Waals surface area contributed by atoms with Crippen LogP contribution in [0.3, 0.4) is 0 Å². The summed E-state index contributed by atoms with van der Waals surface area (Å²) >= 11 is 0. The van der Waals surface area contributed by atoms with Crippen LogP contribution in [0.5, 0.6) is 0 Å². The first-order valence-corrected chi connectivity index (χ1v) is 6.34. The van der Waals surface area contributed by atoms with Crippen molar-refractivity contribution in [2.24, 2.45) is 0 Å². The van der Waals surface area contributed by atoms with Gasteiger partial charge in [-0.25, -0.2) is 0 Å². The summed E-state index contributed by atoms with van der Waals surface area (Å²) in [7, 11) is 0. The summed E-state index contributed by atoms with van der Waals surface area (Å²) in [6.07, 6.45) is 10.6. The molecule has 0 saturated heterocycles. The van der Waals surface area contributed by atoms with E-state index in [0.29, 0.717) is 0 Å². The largest absolute Gasteiger partial charge is 2.00 e. The van der Waals surface area contributed by atoms with E-state index in [4.69, 9.17) is 0 Å². The standard InChI is InChI=1S/C18H18.2CH3.H4Si.Ti/c1(5-11-17-13-7-3-8-14-17)2-6-12-18-15-9-4-10-16-18;;;;/h1-10,13-16H,11-12H2;2*1H3;1H4;/q;2*-1;;+2. The van der Waals surface area contributed by atoms with E-state index in [0.717, 1.165) is 12.8 Å². The van der Waals surface area contributed by atoms with Crippen molar-refractivity contribution in [2.45, 2.75) is 12.8 Å². The predicted octanol–water partition coefficient (Wildman–Crippen LogP) is 4.03. The van der Waals surface area contributed by atoms with Crippen molar-refractivity contribution in [3.63, 3.8) is 0 Å². The molecule has 0 heterocycles. The van der Waals surface area contributed by atoms with Gasteiger partial charge in [-0.1, -0.05) is 85.0 Å². The van der Waals surface area contributed by atoms with Gasteiger partial charge in [0.05, 0.1) is 0 Å². The molecule has 0 bridgehead atoms. The minimum absolute atomic E-state index is 0. The first-order valence-electron chi connectivity index (χ1n) is 6.34. The van der Waals surface area contributed by atoms with Crippen LogP contribution in [0.25, 0.3) is 0 Å². The van der Waals surface area contributed by atoms with Crippen molar-refractivity contribution < 1.29 is 21.7 Å². The zero-order valence-electron chi connectivity index (χ0n) is 13.0. The van der Waals surface area contributed by atoms with Gasteiger partial charge in [0.25, 0.3) is 0 Å². The molecule has 0 amide bonds. The topological polar surface area (TPSA) is 0 Å². The number of hydrogen-bond donors (Lipinski definition) is 0. The molecule has 22 heavy (non-hydrogen) atoms. The van der Waals surface area contributed by atoms with E-state index in [2.05, 4.69) is 72.8 Å². The van der Waals surface area contributed by atoms with Crippen LogP contribution in [0.15, 0.2) is 85.0 Å². The molecule has 0 spiro atoms. The van der Waals surface area contributed by atoms with Gasteiger partial charge in [0.1, 0.15) is 0 Å². The SMILES string of the molecule is C(C=CCc1ccccc1)=CCc1ccccc1.[CH3-].[CH3-].[SiH4].[Ti+2]. The van der Waals surface area contributed by atoms with Gasteiger partial charge in [-0.2, -0.15) is 0 Å². The second-order valence-corrected chi connectivity index (χ2v) is 4.24. The Morgan fingerprint density at radius 1 is 0.591 bits per heavy atom. The summed E-state index contributed by atoms with van der Waals surface area (Å²) in [5.74, 6) is 0. The molecule has 0 radical (unpaired) electrons. The molecule has 2 rings (SSSR count). The minimum Gasteiger partial charge on any atom is -0.358 e. The maximum Gasteiger partial charge on any atom is 2.00 e. The van der Waals surface area contributed by atoms with E-state index in [1.165, 1.54) is 11.1 Å². The van der Waals surface area contributed by atoms with E-state index in [1.807, 2.05) is 12.1 Å². The van der Waals surface area contributed by atoms with E-state index < -0.39 is 0 Å². The van der Waals surface area contributed by atoms with Crippen molar-refractivity contribution in [1.82, 2.24) is 0 Å². The molecule has 0 aliphatic heterocycles. The summed E-state index contributed by atoms with van der Waals surface area (Å²) in [5, 5.41) is 0. The summed E-state index contributed by atoms with van der Waals surface area (Å²) in [6.45, 7) is 0. The molecule has 0 aliphatic carbocycles. The van der Waals surface area contributed by atoms with Crippen LogP contribution in [-0.4, -0.2) is 11.0 Å². The Balaban J connectivity index is -0.000000902. The van der Waals surface area contributed by atoms with Crippen molar-refractivity contribution >= 4 is 11.0 Å². The normalized spacial score (nSPS) is 9.27. The second kappa shape index (κ2) is 16.2. The van der Waals surface area contributed by atoms with Gasteiger partial charge < -0.3 is 14.9 Å². The number of benzene rings is 2. The number of hydrogen-bond acceptors (Lipinski definition) is 0. The third-order valence-electron chi connectivity index (χ3n) is 2.78. The minimum atomic E-state index is 0. The fourth-order valence-electron chi connectivity index (χ4n) is 1.79. The second-order valence-electron chi connectivity index (χ2n) is 4.24. The first-order chi connectivity index (χ1) is 8.95.